The molecule has 0 spiro atoms. The van der Waals surface area contributed by atoms with Crippen LogP contribution in [0.4, 0.5) is 4.79 Å². The van der Waals surface area contributed by atoms with E-state index in [1.54, 1.807) is 0 Å². The molecule has 2 heterocycles. The molecule has 0 bridgehead atoms. The van der Waals surface area contributed by atoms with E-state index in [1.807, 2.05) is 4.90 Å². The van der Waals surface area contributed by atoms with Crippen LogP contribution < -0.4 is 5.32 Å². The van der Waals surface area contributed by atoms with E-state index in [9.17, 15) is 4.79 Å². The summed E-state index contributed by atoms with van der Waals surface area (Å²) in [5.41, 5.74) is 1.41. The maximum Gasteiger partial charge on any atom is 0.317 e. The van der Waals surface area contributed by atoms with Gasteiger partial charge in [0, 0.05) is 39.3 Å². The second-order valence-corrected chi connectivity index (χ2v) is 6.81. The average molecular weight is 331 g/mol. The topological polar surface area (TPSA) is 44.8 Å². The molecule has 2 aliphatic heterocycles. The first-order valence-corrected chi connectivity index (χ1v) is 9.18. The second-order valence-electron chi connectivity index (χ2n) is 6.81. The molecular weight excluding hydrogens is 302 g/mol. The van der Waals surface area contributed by atoms with Crippen molar-refractivity contribution in [2.75, 3.05) is 52.5 Å². The lowest BCUT2D eigenvalue weighted by molar-refractivity contribution is 0.0385. The van der Waals surface area contributed by atoms with Crippen molar-refractivity contribution in [2.24, 2.45) is 5.92 Å². The molecule has 1 aromatic carbocycles. The third-order valence-corrected chi connectivity index (χ3v) is 5.08. The summed E-state index contributed by atoms with van der Waals surface area (Å²) >= 11 is 0. The number of hydrogen-bond acceptors (Lipinski definition) is 3. The molecule has 0 aliphatic carbocycles. The number of amides is 2. The van der Waals surface area contributed by atoms with Gasteiger partial charge in [-0.15, -0.1) is 0 Å². The van der Waals surface area contributed by atoms with Crippen molar-refractivity contribution in [1.29, 1.82) is 0 Å². The normalized spacial score (nSPS) is 20.1. The van der Waals surface area contributed by atoms with E-state index in [1.165, 1.54) is 5.56 Å². The number of ether oxygens (including phenoxy) is 1. The fourth-order valence-electron chi connectivity index (χ4n) is 3.55. The number of carbonyl (C=O) groups is 1. The Morgan fingerprint density at radius 1 is 1.08 bits per heavy atom. The van der Waals surface area contributed by atoms with Crippen molar-refractivity contribution in [1.82, 2.24) is 15.1 Å². The van der Waals surface area contributed by atoms with E-state index < -0.39 is 0 Å². The molecule has 5 heteroatoms. The van der Waals surface area contributed by atoms with Crippen LogP contribution in [0.2, 0.25) is 0 Å². The van der Waals surface area contributed by atoms with Crippen molar-refractivity contribution in [3.8, 4) is 0 Å². The SMILES string of the molecule is O=C(NCCN1CCOCC1)N1CCC(Cc2ccccc2)CC1. The molecule has 0 aromatic heterocycles. The summed E-state index contributed by atoms with van der Waals surface area (Å²) in [7, 11) is 0. The van der Waals surface area contributed by atoms with Gasteiger partial charge in [-0.3, -0.25) is 4.90 Å². The molecule has 2 aliphatic rings. The van der Waals surface area contributed by atoms with E-state index in [0.29, 0.717) is 5.92 Å². The van der Waals surface area contributed by atoms with Crippen LogP contribution in [0.25, 0.3) is 0 Å². The van der Waals surface area contributed by atoms with Gasteiger partial charge in [-0.25, -0.2) is 4.79 Å². The molecule has 0 radical (unpaired) electrons. The van der Waals surface area contributed by atoms with Crippen molar-refractivity contribution in [3.05, 3.63) is 35.9 Å². The average Bonchev–Trinajstić information content (AvgIpc) is 2.64. The first-order chi connectivity index (χ1) is 11.8. The molecule has 5 nitrogen and oxygen atoms in total. The summed E-state index contributed by atoms with van der Waals surface area (Å²) < 4.78 is 5.34. The molecule has 2 amide bonds. The van der Waals surface area contributed by atoms with Gasteiger partial charge in [0.25, 0.3) is 0 Å². The summed E-state index contributed by atoms with van der Waals surface area (Å²) in [5.74, 6) is 0.699. The van der Waals surface area contributed by atoms with Crippen molar-refractivity contribution < 1.29 is 9.53 Å². The van der Waals surface area contributed by atoms with Crippen LogP contribution in [0.15, 0.2) is 30.3 Å². The molecule has 24 heavy (non-hydrogen) atoms. The van der Waals surface area contributed by atoms with Crippen molar-refractivity contribution >= 4 is 6.03 Å². The van der Waals surface area contributed by atoms with Crippen LogP contribution in [0.5, 0.6) is 0 Å². The largest absolute Gasteiger partial charge is 0.379 e. The third-order valence-electron chi connectivity index (χ3n) is 5.08. The number of morpholine rings is 1. The Hall–Kier alpha value is -1.59. The molecule has 3 rings (SSSR count). The highest BCUT2D eigenvalue weighted by Crippen LogP contribution is 2.21. The Bertz CT molecular complexity index is 495. The lowest BCUT2D eigenvalue weighted by Gasteiger charge is -2.32. The smallest absolute Gasteiger partial charge is 0.317 e. The first kappa shape index (κ1) is 17.2. The fourth-order valence-corrected chi connectivity index (χ4v) is 3.55. The molecule has 2 fully saturated rings. The predicted octanol–water partition coefficient (Wildman–Crippen LogP) is 1.98. The van der Waals surface area contributed by atoms with Crippen LogP contribution in [0.1, 0.15) is 18.4 Å². The zero-order valence-electron chi connectivity index (χ0n) is 14.5. The maximum atomic E-state index is 12.3. The van der Waals surface area contributed by atoms with Crippen LogP contribution in [0.3, 0.4) is 0 Å². The van der Waals surface area contributed by atoms with Gasteiger partial charge >= 0.3 is 6.03 Å². The van der Waals surface area contributed by atoms with Gasteiger partial charge in [0.1, 0.15) is 0 Å². The zero-order valence-corrected chi connectivity index (χ0v) is 14.5. The van der Waals surface area contributed by atoms with Gasteiger partial charge in [0.15, 0.2) is 0 Å². The first-order valence-electron chi connectivity index (χ1n) is 9.18. The second kappa shape index (κ2) is 9.04. The number of benzene rings is 1. The van der Waals surface area contributed by atoms with E-state index in [2.05, 4.69) is 40.5 Å². The van der Waals surface area contributed by atoms with Gasteiger partial charge in [-0.1, -0.05) is 30.3 Å². The molecule has 0 unspecified atom stereocenters. The Balaban J connectivity index is 1.32. The van der Waals surface area contributed by atoms with Gasteiger partial charge in [0.05, 0.1) is 13.2 Å². The molecular formula is C19H29N3O2. The Morgan fingerprint density at radius 2 is 1.79 bits per heavy atom. The summed E-state index contributed by atoms with van der Waals surface area (Å²) in [5, 5.41) is 3.07. The number of rotatable bonds is 5. The summed E-state index contributed by atoms with van der Waals surface area (Å²) in [6.45, 7) is 6.96. The fraction of sp³-hybridized carbons (Fsp3) is 0.632. The highest BCUT2D eigenvalue weighted by molar-refractivity contribution is 5.74. The van der Waals surface area contributed by atoms with E-state index >= 15 is 0 Å². The number of nitrogens with zero attached hydrogens (tertiary/aromatic N) is 2. The Kier molecular flexibility index (Phi) is 6.49. The maximum absolute atomic E-state index is 12.3. The minimum Gasteiger partial charge on any atom is -0.379 e. The summed E-state index contributed by atoms with van der Waals surface area (Å²) in [6.07, 6.45) is 3.34. The van der Waals surface area contributed by atoms with Crippen LogP contribution >= 0.6 is 0 Å². The van der Waals surface area contributed by atoms with E-state index in [0.717, 1.165) is 71.7 Å². The van der Waals surface area contributed by atoms with Crippen LogP contribution in [-0.2, 0) is 11.2 Å². The van der Waals surface area contributed by atoms with Crippen molar-refractivity contribution in [2.45, 2.75) is 19.3 Å². The molecule has 2 saturated heterocycles. The lowest BCUT2D eigenvalue weighted by Crippen LogP contribution is -2.47. The van der Waals surface area contributed by atoms with Crippen LogP contribution in [-0.4, -0.2) is 68.3 Å². The molecule has 1 aromatic rings. The predicted molar refractivity (Wildman–Crippen MR) is 95.1 cm³/mol. The highest BCUT2D eigenvalue weighted by Gasteiger charge is 2.22. The number of urea groups is 1. The standard InChI is InChI=1S/C19H29N3O2/c23-19(20-8-11-21-12-14-24-15-13-21)22-9-6-18(7-10-22)16-17-4-2-1-3-5-17/h1-5,18H,6-16H2,(H,20,23). The Labute approximate surface area is 145 Å². The quantitative estimate of drug-likeness (QED) is 0.897. The minimum atomic E-state index is 0.0985. The third kappa shape index (κ3) is 5.21. The number of hydrogen-bond donors (Lipinski definition) is 1. The van der Waals surface area contributed by atoms with Gasteiger partial charge in [-0.05, 0) is 30.7 Å². The molecule has 132 valence electrons. The number of likely N-dealkylation sites (tertiary alicyclic amines) is 1. The van der Waals surface area contributed by atoms with Gasteiger partial charge in [-0.2, -0.15) is 0 Å². The molecule has 1 N–H and O–H groups in total. The minimum absolute atomic E-state index is 0.0985. The number of nitrogens with one attached hydrogen (secondary N) is 1. The summed E-state index contributed by atoms with van der Waals surface area (Å²) in [6, 6.07) is 10.8. The lowest BCUT2D eigenvalue weighted by atomic mass is 9.90. The zero-order chi connectivity index (χ0) is 16.6. The van der Waals surface area contributed by atoms with Crippen LogP contribution in [0, 0.1) is 5.92 Å². The molecule has 0 saturated carbocycles. The summed E-state index contributed by atoms with van der Waals surface area (Å²) in [4.78, 5) is 16.6. The highest BCUT2D eigenvalue weighted by atomic mass is 16.5. The monoisotopic (exact) mass is 331 g/mol. The van der Waals surface area contributed by atoms with Gasteiger partial charge < -0.3 is 15.0 Å². The Morgan fingerprint density at radius 3 is 2.50 bits per heavy atom. The number of carbonyl (C=O) groups excluding carboxylic acids is 1. The number of piperidine rings is 1. The van der Waals surface area contributed by atoms with E-state index in [4.69, 9.17) is 4.74 Å². The van der Waals surface area contributed by atoms with E-state index in [-0.39, 0.29) is 6.03 Å². The van der Waals surface area contributed by atoms with Gasteiger partial charge in [0.2, 0.25) is 0 Å². The molecule has 0 atom stereocenters. The van der Waals surface area contributed by atoms with Crippen molar-refractivity contribution in [3.63, 3.8) is 0 Å².